The molecule has 1 unspecified atom stereocenters. The maximum absolute atomic E-state index is 11.1. The molecule has 0 saturated heterocycles. The molecule has 5 heteroatoms. The van der Waals surface area contributed by atoms with E-state index in [0.29, 0.717) is 25.1 Å². The zero-order valence-electron chi connectivity index (χ0n) is 12.1. The van der Waals surface area contributed by atoms with E-state index in [9.17, 15) is 4.79 Å². The van der Waals surface area contributed by atoms with Crippen molar-refractivity contribution < 1.29 is 9.90 Å². The number of aryl methyl sites for hydroxylation is 3. The quantitative estimate of drug-likeness (QED) is 0.915. The number of aromatic nitrogens is 3. The highest BCUT2D eigenvalue weighted by Gasteiger charge is 2.25. The summed E-state index contributed by atoms with van der Waals surface area (Å²) in [6.07, 6.45) is 3.65. The van der Waals surface area contributed by atoms with Crippen LogP contribution in [0.5, 0.6) is 0 Å². The average molecular weight is 283 g/mol. The summed E-state index contributed by atoms with van der Waals surface area (Å²) in [7, 11) is 0. The predicted octanol–water partition coefficient (Wildman–Crippen LogP) is 2.34. The van der Waals surface area contributed by atoms with Crippen molar-refractivity contribution in [2.75, 3.05) is 0 Å². The Labute approximate surface area is 123 Å². The van der Waals surface area contributed by atoms with Crippen molar-refractivity contribution in [3.05, 3.63) is 41.0 Å². The maximum Gasteiger partial charge on any atom is 0.306 e. The SMILES string of the molecule is Cc1cc(-c2ncc3c(n2)CCC(C(=O)O)C3)cc(C)n1. The van der Waals surface area contributed by atoms with Crippen LogP contribution in [-0.4, -0.2) is 26.0 Å². The molecule has 3 rings (SSSR count). The third-order valence-electron chi connectivity index (χ3n) is 3.84. The fourth-order valence-corrected chi connectivity index (χ4v) is 2.82. The molecular formula is C16H17N3O2. The van der Waals surface area contributed by atoms with E-state index >= 15 is 0 Å². The number of aliphatic carboxylic acids is 1. The second-order valence-electron chi connectivity index (χ2n) is 5.58. The molecule has 2 heterocycles. The fourth-order valence-electron chi connectivity index (χ4n) is 2.82. The molecule has 108 valence electrons. The molecule has 1 aliphatic carbocycles. The second kappa shape index (κ2) is 5.24. The summed E-state index contributed by atoms with van der Waals surface area (Å²) in [5.74, 6) is -0.349. The summed E-state index contributed by atoms with van der Waals surface area (Å²) >= 11 is 0. The molecule has 0 fully saturated rings. The van der Waals surface area contributed by atoms with Crippen LogP contribution in [-0.2, 0) is 17.6 Å². The van der Waals surface area contributed by atoms with Crippen molar-refractivity contribution in [2.24, 2.45) is 5.92 Å². The molecule has 0 saturated carbocycles. The van der Waals surface area contributed by atoms with E-state index in [2.05, 4.69) is 15.0 Å². The number of carboxylic acid groups (broad SMARTS) is 1. The van der Waals surface area contributed by atoms with Gasteiger partial charge in [-0.25, -0.2) is 9.97 Å². The van der Waals surface area contributed by atoms with E-state index in [-0.39, 0.29) is 5.92 Å². The molecule has 0 aromatic carbocycles. The van der Waals surface area contributed by atoms with Gasteiger partial charge in [0.15, 0.2) is 5.82 Å². The van der Waals surface area contributed by atoms with Gasteiger partial charge in [0, 0.05) is 28.8 Å². The lowest BCUT2D eigenvalue weighted by molar-refractivity contribution is -0.142. The van der Waals surface area contributed by atoms with Gasteiger partial charge in [-0.05, 0) is 50.8 Å². The summed E-state index contributed by atoms with van der Waals surface area (Å²) in [5.41, 5.74) is 4.78. The van der Waals surface area contributed by atoms with Crippen LogP contribution in [0.4, 0.5) is 0 Å². The minimum Gasteiger partial charge on any atom is -0.481 e. The van der Waals surface area contributed by atoms with Gasteiger partial charge < -0.3 is 5.11 Å². The molecule has 0 aliphatic heterocycles. The molecular weight excluding hydrogens is 266 g/mol. The van der Waals surface area contributed by atoms with Crippen molar-refractivity contribution in [1.29, 1.82) is 0 Å². The van der Waals surface area contributed by atoms with Crippen LogP contribution < -0.4 is 0 Å². The van der Waals surface area contributed by atoms with Gasteiger partial charge in [-0.3, -0.25) is 9.78 Å². The van der Waals surface area contributed by atoms with Gasteiger partial charge in [-0.1, -0.05) is 0 Å². The van der Waals surface area contributed by atoms with Crippen molar-refractivity contribution in [2.45, 2.75) is 33.1 Å². The molecule has 5 nitrogen and oxygen atoms in total. The Kier molecular flexibility index (Phi) is 3.41. The first kappa shape index (κ1) is 13.7. The molecule has 0 radical (unpaired) electrons. The van der Waals surface area contributed by atoms with Crippen molar-refractivity contribution in [1.82, 2.24) is 15.0 Å². The lowest BCUT2D eigenvalue weighted by atomic mass is 9.87. The van der Waals surface area contributed by atoms with Gasteiger partial charge in [-0.2, -0.15) is 0 Å². The van der Waals surface area contributed by atoms with E-state index in [1.165, 1.54) is 0 Å². The molecule has 0 spiro atoms. The number of nitrogens with zero attached hydrogens (tertiary/aromatic N) is 3. The van der Waals surface area contributed by atoms with Gasteiger partial charge in [0.25, 0.3) is 0 Å². The molecule has 1 N–H and O–H groups in total. The Balaban J connectivity index is 1.95. The number of rotatable bonds is 2. The molecule has 2 aromatic rings. The van der Waals surface area contributed by atoms with Crippen LogP contribution in [0, 0.1) is 19.8 Å². The largest absolute Gasteiger partial charge is 0.481 e. The first-order chi connectivity index (χ1) is 10.0. The maximum atomic E-state index is 11.1. The normalized spacial score (nSPS) is 17.3. The topological polar surface area (TPSA) is 76.0 Å². The lowest BCUT2D eigenvalue weighted by Crippen LogP contribution is -2.23. The number of hydrogen-bond acceptors (Lipinski definition) is 4. The Morgan fingerprint density at radius 2 is 1.95 bits per heavy atom. The zero-order chi connectivity index (χ0) is 15.0. The zero-order valence-corrected chi connectivity index (χ0v) is 12.1. The standard InChI is InChI=1S/C16H17N3O2/c1-9-5-12(6-10(2)18-9)15-17-8-13-7-11(16(20)21)3-4-14(13)19-15/h5-6,8,11H,3-4,7H2,1-2H3,(H,20,21). The second-order valence-corrected chi connectivity index (χ2v) is 5.58. The van der Waals surface area contributed by atoms with Crippen LogP contribution in [0.25, 0.3) is 11.4 Å². The number of carbonyl (C=O) groups is 1. The fraction of sp³-hybridized carbons (Fsp3) is 0.375. The van der Waals surface area contributed by atoms with E-state index in [0.717, 1.165) is 28.2 Å². The summed E-state index contributed by atoms with van der Waals surface area (Å²) in [6, 6.07) is 3.94. The number of pyridine rings is 1. The number of carboxylic acids is 1. The molecule has 0 amide bonds. The lowest BCUT2D eigenvalue weighted by Gasteiger charge is -2.20. The first-order valence-electron chi connectivity index (χ1n) is 7.06. The molecule has 0 bridgehead atoms. The summed E-state index contributed by atoms with van der Waals surface area (Å²) in [6.45, 7) is 3.90. The van der Waals surface area contributed by atoms with Gasteiger partial charge in [0.2, 0.25) is 0 Å². The smallest absolute Gasteiger partial charge is 0.306 e. The van der Waals surface area contributed by atoms with E-state index in [1.54, 1.807) is 6.20 Å². The molecule has 2 aromatic heterocycles. The summed E-state index contributed by atoms with van der Waals surface area (Å²) < 4.78 is 0. The van der Waals surface area contributed by atoms with Gasteiger partial charge in [0.05, 0.1) is 5.92 Å². The van der Waals surface area contributed by atoms with Crippen molar-refractivity contribution in [3.8, 4) is 11.4 Å². The van der Waals surface area contributed by atoms with E-state index in [1.807, 2.05) is 26.0 Å². The Hall–Kier alpha value is -2.30. The Morgan fingerprint density at radius 3 is 2.62 bits per heavy atom. The predicted molar refractivity (Wildman–Crippen MR) is 77.9 cm³/mol. The van der Waals surface area contributed by atoms with Crippen LogP contribution in [0.15, 0.2) is 18.3 Å². The number of hydrogen-bond donors (Lipinski definition) is 1. The monoisotopic (exact) mass is 283 g/mol. The van der Waals surface area contributed by atoms with Gasteiger partial charge >= 0.3 is 5.97 Å². The molecule has 1 aliphatic rings. The first-order valence-corrected chi connectivity index (χ1v) is 7.06. The minimum absolute atomic E-state index is 0.308. The van der Waals surface area contributed by atoms with Gasteiger partial charge in [-0.15, -0.1) is 0 Å². The average Bonchev–Trinajstić information content (AvgIpc) is 2.45. The van der Waals surface area contributed by atoms with Gasteiger partial charge in [0.1, 0.15) is 0 Å². The van der Waals surface area contributed by atoms with Crippen molar-refractivity contribution in [3.63, 3.8) is 0 Å². The van der Waals surface area contributed by atoms with E-state index < -0.39 is 5.97 Å². The third kappa shape index (κ3) is 2.77. The van der Waals surface area contributed by atoms with E-state index in [4.69, 9.17) is 5.11 Å². The molecule has 21 heavy (non-hydrogen) atoms. The van der Waals surface area contributed by atoms with Crippen molar-refractivity contribution >= 4 is 5.97 Å². The summed E-state index contributed by atoms with van der Waals surface area (Å²) in [5, 5.41) is 9.11. The highest BCUT2D eigenvalue weighted by atomic mass is 16.4. The highest BCUT2D eigenvalue weighted by Crippen LogP contribution is 2.26. The Morgan fingerprint density at radius 1 is 1.24 bits per heavy atom. The third-order valence-corrected chi connectivity index (χ3v) is 3.84. The Bertz CT molecular complexity index is 692. The van der Waals surface area contributed by atoms with Crippen LogP contribution in [0.1, 0.15) is 29.1 Å². The molecule has 1 atom stereocenters. The van der Waals surface area contributed by atoms with Crippen LogP contribution in [0.3, 0.4) is 0 Å². The van der Waals surface area contributed by atoms with Crippen LogP contribution in [0.2, 0.25) is 0 Å². The highest BCUT2D eigenvalue weighted by molar-refractivity contribution is 5.71. The van der Waals surface area contributed by atoms with Crippen LogP contribution >= 0.6 is 0 Å². The number of fused-ring (bicyclic) bond motifs is 1. The minimum atomic E-state index is -0.731. The summed E-state index contributed by atoms with van der Waals surface area (Å²) in [4.78, 5) is 24.5.